The third-order valence-electron chi connectivity index (χ3n) is 3.07. The molecule has 108 valence electrons. The van der Waals surface area contributed by atoms with Gasteiger partial charge in [0.2, 0.25) is 0 Å². The Balaban J connectivity index is 1.91. The van der Waals surface area contributed by atoms with Crippen molar-refractivity contribution in [2.45, 2.75) is 12.8 Å². The molecule has 0 aromatic heterocycles. The van der Waals surface area contributed by atoms with Crippen molar-refractivity contribution in [1.82, 2.24) is 4.90 Å². The second kappa shape index (κ2) is 6.91. The van der Waals surface area contributed by atoms with Crippen LogP contribution in [0.15, 0.2) is 24.3 Å². The molecule has 6 nitrogen and oxygen atoms in total. The zero-order valence-corrected chi connectivity index (χ0v) is 11.2. The van der Waals surface area contributed by atoms with E-state index in [0.29, 0.717) is 37.6 Å². The Morgan fingerprint density at radius 3 is 2.65 bits per heavy atom. The summed E-state index contributed by atoms with van der Waals surface area (Å²) in [6.45, 7) is 2.52. The highest BCUT2D eigenvalue weighted by molar-refractivity contribution is 5.89. The molecule has 1 aromatic carbocycles. The maximum Gasteiger partial charge on any atom is 0.321 e. The lowest BCUT2D eigenvalue weighted by molar-refractivity contribution is -0.136. The highest BCUT2D eigenvalue weighted by atomic mass is 16.5. The van der Waals surface area contributed by atoms with Gasteiger partial charge in [-0.2, -0.15) is 0 Å². The predicted molar refractivity (Wildman–Crippen MR) is 73.8 cm³/mol. The van der Waals surface area contributed by atoms with Gasteiger partial charge in [0.15, 0.2) is 0 Å². The van der Waals surface area contributed by atoms with Crippen molar-refractivity contribution in [3.63, 3.8) is 0 Å². The average Bonchev–Trinajstić information content (AvgIpc) is 2.69. The van der Waals surface area contributed by atoms with Crippen molar-refractivity contribution < 1.29 is 19.4 Å². The van der Waals surface area contributed by atoms with E-state index in [1.54, 1.807) is 29.2 Å². The van der Waals surface area contributed by atoms with Crippen molar-refractivity contribution in [3.8, 4) is 0 Å². The highest BCUT2D eigenvalue weighted by Gasteiger charge is 2.15. The van der Waals surface area contributed by atoms with Crippen LogP contribution in [0, 0.1) is 0 Å². The van der Waals surface area contributed by atoms with Crippen LogP contribution in [0.25, 0.3) is 0 Å². The summed E-state index contributed by atoms with van der Waals surface area (Å²) >= 11 is 0. The van der Waals surface area contributed by atoms with E-state index in [9.17, 15) is 9.59 Å². The lowest BCUT2D eigenvalue weighted by atomic mass is 10.1. The summed E-state index contributed by atoms with van der Waals surface area (Å²) in [5.74, 6) is -0.869. The number of anilines is 1. The molecule has 1 heterocycles. The number of nitrogens with zero attached hydrogens (tertiary/aromatic N) is 1. The number of ether oxygens (including phenoxy) is 1. The molecule has 0 atom stereocenters. The summed E-state index contributed by atoms with van der Waals surface area (Å²) in [7, 11) is 0. The number of nitrogens with one attached hydrogen (secondary N) is 1. The first kappa shape index (κ1) is 14.3. The molecule has 1 fully saturated rings. The summed E-state index contributed by atoms with van der Waals surface area (Å²) in [4.78, 5) is 24.4. The third-order valence-corrected chi connectivity index (χ3v) is 3.07. The molecule has 1 aromatic rings. The Labute approximate surface area is 117 Å². The first-order chi connectivity index (χ1) is 9.65. The number of carboxylic acid groups (broad SMARTS) is 1. The summed E-state index contributed by atoms with van der Waals surface area (Å²) < 4.78 is 5.30. The fraction of sp³-hybridized carbons (Fsp3) is 0.429. The van der Waals surface area contributed by atoms with E-state index in [-0.39, 0.29) is 12.5 Å². The summed E-state index contributed by atoms with van der Waals surface area (Å²) in [5.41, 5.74) is 1.37. The Hall–Kier alpha value is -2.08. The van der Waals surface area contributed by atoms with Gasteiger partial charge in [0.1, 0.15) is 0 Å². The van der Waals surface area contributed by atoms with Gasteiger partial charge in [0.25, 0.3) is 0 Å². The van der Waals surface area contributed by atoms with Crippen LogP contribution < -0.4 is 5.32 Å². The van der Waals surface area contributed by atoms with E-state index in [1.165, 1.54) is 0 Å². The average molecular weight is 278 g/mol. The lowest BCUT2D eigenvalue weighted by Crippen LogP contribution is -2.36. The molecule has 20 heavy (non-hydrogen) atoms. The third kappa shape index (κ3) is 4.24. The van der Waals surface area contributed by atoms with Crippen molar-refractivity contribution in [2.24, 2.45) is 0 Å². The molecular weight excluding hydrogens is 260 g/mol. The Bertz CT molecular complexity index is 465. The molecule has 0 saturated carbocycles. The van der Waals surface area contributed by atoms with Crippen LogP contribution in [0.2, 0.25) is 0 Å². The summed E-state index contributed by atoms with van der Waals surface area (Å²) in [5, 5.41) is 11.5. The Morgan fingerprint density at radius 1 is 1.20 bits per heavy atom. The number of rotatable bonds is 3. The van der Waals surface area contributed by atoms with Gasteiger partial charge in [0, 0.05) is 25.4 Å². The number of carboxylic acids is 1. The maximum absolute atomic E-state index is 12.0. The number of aliphatic carboxylic acids is 1. The standard InChI is InChI=1S/C14H18N2O4/c17-13(18)10-11-2-4-12(5-3-11)15-14(19)16-6-1-8-20-9-7-16/h2-5H,1,6-10H2,(H,15,19)(H,17,18). The minimum atomic E-state index is -0.869. The van der Waals surface area contributed by atoms with E-state index >= 15 is 0 Å². The van der Waals surface area contributed by atoms with Crippen LogP contribution >= 0.6 is 0 Å². The number of carbonyl (C=O) groups excluding carboxylic acids is 1. The largest absolute Gasteiger partial charge is 0.481 e. The van der Waals surface area contributed by atoms with Crippen molar-refractivity contribution in [3.05, 3.63) is 29.8 Å². The molecule has 0 aliphatic carbocycles. The number of hydrogen-bond donors (Lipinski definition) is 2. The molecule has 1 aliphatic rings. The molecule has 0 radical (unpaired) electrons. The normalized spacial score (nSPS) is 15.5. The van der Waals surface area contributed by atoms with Gasteiger partial charge < -0.3 is 20.1 Å². The molecular formula is C14H18N2O4. The molecule has 0 spiro atoms. The number of carbonyl (C=O) groups is 2. The molecule has 1 saturated heterocycles. The SMILES string of the molecule is O=C(O)Cc1ccc(NC(=O)N2CCCOCC2)cc1. The van der Waals surface area contributed by atoms with E-state index in [4.69, 9.17) is 9.84 Å². The zero-order chi connectivity index (χ0) is 14.4. The van der Waals surface area contributed by atoms with Crippen LogP contribution in [-0.2, 0) is 16.0 Å². The van der Waals surface area contributed by atoms with Crippen LogP contribution in [-0.4, -0.2) is 48.3 Å². The smallest absolute Gasteiger partial charge is 0.321 e. The van der Waals surface area contributed by atoms with Gasteiger partial charge in [0.05, 0.1) is 13.0 Å². The minimum absolute atomic E-state index is 0.0162. The molecule has 2 amide bonds. The number of amides is 2. The van der Waals surface area contributed by atoms with Crippen LogP contribution in [0.3, 0.4) is 0 Å². The fourth-order valence-corrected chi connectivity index (χ4v) is 2.03. The van der Waals surface area contributed by atoms with E-state index in [1.807, 2.05) is 0 Å². The van der Waals surface area contributed by atoms with E-state index in [2.05, 4.69) is 5.32 Å². The number of urea groups is 1. The topological polar surface area (TPSA) is 78.9 Å². The number of benzene rings is 1. The molecule has 6 heteroatoms. The van der Waals surface area contributed by atoms with Crippen molar-refractivity contribution in [2.75, 3.05) is 31.6 Å². The van der Waals surface area contributed by atoms with Gasteiger partial charge in [-0.1, -0.05) is 12.1 Å². The van der Waals surface area contributed by atoms with Crippen molar-refractivity contribution >= 4 is 17.7 Å². The van der Waals surface area contributed by atoms with E-state index in [0.717, 1.165) is 6.42 Å². The van der Waals surface area contributed by atoms with Crippen molar-refractivity contribution in [1.29, 1.82) is 0 Å². The molecule has 2 N–H and O–H groups in total. The quantitative estimate of drug-likeness (QED) is 0.879. The first-order valence-corrected chi connectivity index (χ1v) is 6.59. The summed E-state index contributed by atoms with van der Waals surface area (Å²) in [6, 6.07) is 6.68. The predicted octanol–water partition coefficient (Wildman–Crippen LogP) is 1.57. The monoisotopic (exact) mass is 278 g/mol. The van der Waals surface area contributed by atoms with E-state index < -0.39 is 5.97 Å². The van der Waals surface area contributed by atoms with Crippen LogP contribution in [0.5, 0.6) is 0 Å². The van der Waals surface area contributed by atoms with Gasteiger partial charge in [-0.15, -0.1) is 0 Å². The Kier molecular flexibility index (Phi) is 4.95. The van der Waals surface area contributed by atoms with Gasteiger partial charge in [-0.25, -0.2) is 4.79 Å². The first-order valence-electron chi connectivity index (χ1n) is 6.59. The summed E-state index contributed by atoms with van der Waals surface area (Å²) in [6.07, 6.45) is 0.822. The minimum Gasteiger partial charge on any atom is -0.481 e. The molecule has 1 aliphatic heterocycles. The maximum atomic E-state index is 12.0. The fourth-order valence-electron chi connectivity index (χ4n) is 2.03. The molecule has 2 rings (SSSR count). The Morgan fingerprint density at radius 2 is 1.95 bits per heavy atom. The highest BCUT2D eigenvalue weighted by Crippen LogP contribution is 2.11. The zero-order valence-electron chi connectivity index (χ0n) is 11.2. The van der Waals surface area contributed by atoms with Gasteiger partial charge >= 0.3 is 12.0 Å². The lowest BCUT2D eigenvalue weighted by Gasteiger charge is -2.20. The number of hydrogen-bond acceptors (Lipinski definition) is 3. The van der Waals surface area contributed by atoms with Gasteiger partial charge in [-0.3, -0.25) is 4.79 Å². The van der Waals surface area contributed by atoms with Gasteiger partial charge in [-0.05, 0) is 24.1 Å². The second-order valence-corrected chi connectivity index (χ2v) is 4.65. The van der Waals surface area contributed by atoms with Crippen LogP contribution in [0.4, 0.5) is 10.5 Å². The second-order valence-electron chi connectivity index (χ2n) is 4.65. The molecule has 0 bridgehead atoms. The van der Waals surface area contributed by atoms with Crippen LogP contribution in [0.1, 0.15) is 12.0 Å². The molecule has 0 unspecified atom stereocenters.